The molecule has 0 saturated carbocycles. The van der Waals surface area contributed by atoms with Crippen LogP contribution in [-0.2, 0) is 19.1 Å². The van der Waals surface area contributed by atoms with Gasteiger partial charge in [-0.2, -0.15) is 0 Å². The summed E-state index contributed by atoms with van der Waals surface area (Å²) in [4.78, 5) is 52.5. The number of aliphatic carboxylic acids is 1. The number of carbonyl (C=O) groups is 4. The summed E-state index contributed by atoms with van der Waals surface area (Å²) in [5, 5.41) is 34.0. The molecule has 3 atom stereocenters. The number of nitrogens with zero attached hydrogens (tertiary/aromatic N) is 1. The van der Waals surface area contributed by atoms with Gasteiger partial charge < -0.3 is 40.2 Å². The molecule has 0 aromatic heterocycles. The molecule has 1 aliphatic rings. The average molecular weight is 529 g/mol. The fourth-order valence-corrected chi connectivity index (χ4v) is 4.23. The number of carbonyl (C=O) groups excluding carboxylic acids is 3. The highest BCUT2D eigenvalue weighted by Gasteiger charge is 2.49. The fourth-order valence-electron chi connectivity index (χ4n) is 4.23. The minimum absolute atomic E-state index is 0.0122. The van der Waals surface area contributed by atoms with Gasteiger partial charge in [0.2, 0.25) is 5.91 Å². The third-order valence-corrected chi connectivity index (χ3v) is 5.57. The number of hydrogen-bond acceptors (Lipinski definition) is 8. The molecule has 37 heavy (non-hydrogen) atoms. The van der Waals surface area contributed by atoms with Gasteiger partial charge in [0.25, 0.3) is 0 Å². The topological polar surface area (TPSA) is 175 Å². The Kier molecular flexibility index (Phi) is 11.3. The van der Waals surface area contributed by atoms with E-state index in [1.165, 1.54) is 4.90 Å². The quantitative estimate of drug-likeness (QED) is 0.280. The molecule has 0 aromatic rings. The van der Waals surface area contributed by atoms with Crippen LogP contribution in [0, 0.1) is 11.8 Å². The van der Waals surface area contributed by atoms with Crippen molar-refractivity contribution in [1.82, 2.24) is 15.5 Å². The van der Waals surface area contributed by atoms with E-state index in [2.05, 4.69) is 10.6 Å². The number of carboxylic acids is 1. The highest BCUT2D eigenvalue weighted by Crippen LogP contribution is 2.31. The first-order valence-corrected chi connectivity index (χ1v) is 12.6. The normalized spacial score (nSPS) is 21.2. The molecule has 1 aliphatic heterocycles. The third-order valence-electron chi connectivity index (χ3n) is 5.57. The van der Waals surface area contributed by atoms with Crippen molar-refractivity contribution in [3.05, 3.63) is 0 Å². The minimum Gasteiger partial charge on any atom is -0.479 e. The van der Waals surface area contributed by atoms with Gasteiger partial charge in [-0.1, -0.05) is 20.3 Å². The van der Waals surface area contributed by atoms with Crippen LogP contribution >= 0.6 is 0 Å². The van der Waals surface area contributed by atoms with Gasteiger partial charge in [-0.25, -0.2) is 14.4 Å². The second-order valence-electron chi connectivity index (χ2n) is 12.2. The number of likely N-dealkylation sites (tertiary alicyclic amines) is 1. The first kappa shape index (κ1) is 32.5. The van der Waals surface area contributed by atoms with Crippen molar-refractivity contribution in [3.8, 4) is 0 Å². The molecule has 13 heteroatoms. The molecule has 0 aromatic carbocycles. The van der Waals surface area contributed by atoms with Crippen molar-refractivity contribution in [3.63, 3.8) is 0 Å². The van der Waals surface area contributed by atoms with Gasteiger partial charge in [-0.05, 0) is 72.5 Å². The molecular formula is C24H44BN3O9. The molecule has 3 amide bonds. The van der Waals surface area contributed by atoms with E-state index in [-0.39, 0.29) is 44.6 Å². The highest BCUT2D eigenvalue weighted by molar-refractivity contribution is 6.40. The molecule has 0 spiro atoms. The summed E-state index contributed by atoms with van der Waals surface area (Å²) < 4.78 is 10.6. The second-order valence-corrected chi connectivity index (χ2v) is 12.2. The molecule has 12 nitrogen and oxygen atoms in total. The van der Waals surface area contributed by atoms with Crippen LogP contribution in [0.15, 0.2) is 0 Å². The van der Waals surface area contributed by atoms with Crippen LogP contribution < -0.4 is 10.6 Å². The number of alkyl carbamates (subject to hydrolysis) is 2. The van der Waals surface area contributed by atoms with Gasteiger partial charge in [-0.15, -0.1) is 0 Å². The number of piperidine rings is 1. The number of nitrogens with one attached hydrogen (secondary N) is 2. The predicted octanol–water partition coefficient (Wildman–Crippen LogP) is 1.99. The van der Waals surface area contributed by atoms with Gasteiger partial charge in [0.15, 0.2) is 5.54 Å². The van der Waals surface area contributed by atoms with Crippen LogP contribution in [0.2, 0.25) is 6.32 Å². The van der Waals surface area contributed by atoms with Crippen LogP contribution in [-0.4, -0.2) is 87.1 Å². The van der Waals surface area contributed by atoms with Crippen LogP contribution in [0.4, 0.5) is 9.59 Å². The monoisotopic (exact) mass is 529 g/mol. The zero-order chi connectivity index (χ0) is 28.8. The Morgan fingerprint density at radius 2 is 1.57 bits per heavy atom. The summed E-state index contributed by atoms with van der Waals surface area (Å²) in [6.45, 7) is 13.5. The van der Waals surface area contributed by atoms with Gasteiger partial charge in [0, 0.05) is 6.54 Å². The van der Waals surface area contributed by atoms with Crippen LogP contribution in [0.3, 0.4) is 0 Å². The zero-order valence-electron chi connectivity index (χ0n) is 23.3. The first-order chi connectivity index (χ1) is 16.7. The maximum atomic E-state index is 13.7. The van der Waals surface area contributed by atoms with Crippen molar-refractivity contribution in [1.29, 1.82) is 0 Å². The SMILES string of the molecule is CC(C)CC(NC(=O)OC(C)(C)C)C(=O)N1C[C@@H](CCB(O)O)C[C@](NC(=O)OC(C)(C)C)(C(=O)O)C1. The summed E-state index contributed by atoms with van der Waals surface area (Å²) in [5.41, 5.74) is -3.55. The molecule has 1 rings (SSSR count). The Morgan fingerprint density at radius 3 is 2.03 bits per heavy atom. The van der Waals surface area contributed by atoms with E-state index >= 15 is 0 Å². The van der Waals surface area contributed by atoms with Crippen molar-refractivity contribution < 1.29 is 43.8 Å². The maximum absolute atomic E-state index is 13.7. The lowest BCUT2D eigenvalue weighted by atomic mass is 9.74. The van der Waals surface area contributed by atoms with Gasteiger partial charge in [0.1, 0.15) is 17.2 Å². The summed E-state index contributed by atoms with van der Waals surface area (Å²) in [7, 11) is -1.60. The molecular weight excluding hydrogens is 485 g/mol. The molecule has 0 aliphatic carbocycles. The maximum Gasteiger partial charge on any atom is 0.451 e. The van der Waals surface area contributed by atoms with Gasteiger partial charge in [-0.3, -0.25) is 4.79 Å². The minimum atomic E-state index is -1.88. The Hall–Kier alpha value is -2.54. The molecule has 1 heterocycles. The van der Waals surface area contributed by atoms with E-state index in [0.717, 1.165) is 0 Å². The Labute approximate surface area is 219 Å². The van der Waals surface area contributed by atoms with Crippen LogP contribution in [0.1, 0.15) is 74.7 Å². The standard InChI is InChI=1S/C24H44BN3O9/c1-15(2)11-17(26-20(32)36-22(3,4)5)18(29)28-13-16(9-10-25(34)35)12-24(14-28,19(30)31)27-21(33)37-23(6,7)8/h15-17,34-35H,9-14H2,1-8H3,(H,26,32)(H,27,33)(H,30,31)/t16-,17?,24+/m0/s1. The highest BCUT2D eigenvalue weighted by atomic mass is 16.6. The van der Waals surface area contributed by atoms with E-state index in [1.807, 2.05) is 13.8 Å². The molecule has 0 radical (unpaired) electrons. The lowest BCUT2D eigenvalue weighted by Gasteiger charge is -2.45. The molecule has 1 unspecified atom stereocenters. The average Bonchev–Trinajstić information content (AvgIpc) is 2.67. The first-order valence-electron chi connectivity index (χ1n) is 12.6. The lowest BCUT2D eigenvalue weighted by molar-refractivity contribution is -0.152. The molecule has 0 bridgehead atoms. The van der Waals surface area contributed by atoms with Crippen LogP contribution in [0.25, 0.3) is 0 Å². The number of ether oxygens (including phenoxy) is 2. The van der Waals surface area contributed by atoms with Gasteiger partial charge >= 0.3 is 25.3 Å². The molecule has 212 valence electrons. The number of amides is 3. The molecule has 1 saturated heterocycles. The number of rotatable bonds is 9. The molecule has 1 fully saturated rings. The largest absolute Gasteiger partial charge is 0.479 e. The van der Waals surface area contributed by atoms with Crippen LogP contribution in [0.5, 0.6) is 0 Å². The fraction of sp³-hybridized carbons (Fsp3) is 0.833. The third kappa shape index (κ3) is 11.6. The number of carboxylic acid groups (broad SMARTS) is 1. The predicted molar refractivity (Wildman–Crippen MR) is 137 cm³/mol. The smallest absolute Gasteiger partial charge is 0.451 e. The summed E-state index contributed by atoms with van der Waals surface area (Å²) >= 11 is 0. The molecule has 5 N–H and O–H groups in total. The Morgan fingerprint density at radius 1 is 1.03 bits per heavy atom. The lowest BCUT2D eigenvalue weighted by Crippen LogP contribution is -2.67. The summed E-state index contributed by atoms with van der Waals surface area (Å²) in [6.07, 6.45) is -1.35. The van der Waals surface area contributed by atoms with Crippen molar-refractivity contribution in [2.45, 2.75) is 104 Å². The zero-order valence-corrected chi connectivity index (χ0v) is 23.3. The van der Waals surface area contributed by atoms with Crippen molar-refractivity contribution in [2.24, 2.45) is 11.8 Å². The van der Waals surface area contributed by atoms with Crippen molar-refractivity contribution >= 4 is 31.2 Å². The van der Waals surface area contributed by atoms with Crippen molar-refractivity contribution in [2.75, 3.05) is 13.1 Å². The Balaban J connectivity index is 3.31. The summed E-state index contributed by atoms with van der Waals surface area (Å²) in [5.74, 6) is -2.35. The summed E-state index contributed by atoms with van der Waals surface area (Å²) in [6, 6.07) is -0.995. The van der Waals surface area contributed by atoms with E-state index in [9.17, 15) is 34.3 Å². The van der Waals surface area contributed by atoms with E-state index in [1.54, 1.807) is 41.5 Å². The van der Waals surface area contributed by atoms with E-state index < -0.39 is 59.9 Å². The van der Waals surface area contributed by atoms with E-state index in [4.69, 9.17) is 9.47 Å². The second kappa shape index (κ2) is 12.8. The van der Waals surface area contributed by atoms with Gasteiger partial charge in [0.05, 0.1) is 6.54 Å². The number of hydrogen-bond donors (Lipinski definition) is 5. The Bertz CT molecular complexity index is 823. The van der Waals surface area contributed by atoms with E-state index in [0.29, 0.717) is 0 Å².